The van der Waals surface area contributed by atoms with E-state index in [1.807, 2.05) is 0 Å². The standard InChI is InChI=1S/C9H11ClFN3O/c1-5(9(12)14-15)13-8-3-2-6(11)4-7(8)10/h2-5,13,15H,1H3,(H2,12,14). The van der Waals surface area contributed by atoms with Crippen LogP contribution < -0.4 is 11.1 Å². The topological polar surface area (TPSA) is 70.6 Å². The van der Waals surface area contributed by atoms with Gasteiger partial charge in [0.15, 0.2) is 5.84 Å². The molecule has 1 aromatic rings. The van der Waals surface area contributed by atoms with Gasteiger partial charge in [0.1, 0.15) is 5.82 Å². The molecule has 0 aromatic heterocycles. The summed E-state index contributed by atoms with van der Waals surface area (Å²) in [6, 6.07) is 3.55. The first kappa shape index (κ1) is 11.6. The van der Waals surface area contributed by atoms with E-state index >= 15 is 0 Å². The van der Waals surface area contributed by atoms with E-state index in [0.717, 1.165) is 0 Å². The van der Waals surface area contributed by atoms with Crippen LogP contribution in [-0.4, -0.2) is 17.1 Å². The zero-order chi connectivity index (χ0) is 11.4. The van der Waals surface area contributed by atoms with Crippen molar-refractivity contribution in [3.8, 4) is 0 Å². The molecule has 0 aliphatic carbocycles. The summed E-state index contributed by atoms with van der Waals surface area (Å²) in [6.45, 7) is 1.69. The lowest BCUT2D eigenvalue weighted by Crippen LogP contribution is -2.32. The van der Waals surface area contributed by atoms with Crippen molar-refractivity contribution >= 4 is 23.1 Å². The summed E-state index contributed by atoms with van der Waals surface area (Å²) in [5.74, 6) is -0.391. The van der Waals surface area contributed by atoms with Crippen LogP contribution in [0.25, 0.3) is 0 Å². The number of amidine groups is 1. The molecule has 1 rings (SSSR count). The van der Waals surface area contributed by atoms with Gasteiger partial charge in [0.25, 0.3) is 0 Å². The quantitative estimate of drug-likeness (QED) is 0.323. The number of rotatable bonds is 3. The molecule has 0 aliphatic rings. The fraction of sp³-hybridized carbons (Fsp3) is 0.222. The Morgan fingerprint density at radius 3 is 2.87 bits per heavy atom. The van der Waals surface area contributed by atoms with Gasteiger partial charge in [-0.3, -0.25) is 0 Å². The molecule has 0 saturated carbocycles. The zero-order valence-electron chi connectivity index (χ0n) is 8.04. The van der Waals surface area contributed by atoms with Crippen LogP contribution >= 0.6 is 11.6 Å². The maximum absolute atomic E-state index is 12.7. The van der Waals surface area contributed by atoms with E-state index in [1.165, 1.54) is 18.2 Å². The van der Waals surface area contributed by atoms with Crippen LogP contribution in [0.15, 0.2) is 23.4 Å². The fourth-order valence-electron chi connectivity index (χ4n) is 1.00. The molecule has 4 N–H and O–H groups in total. The first-order valence-corrected chi connectivity index (χ1v) is 4.61. The second kappa shape index (κ2) is 4.84. The molecule has 0 amide bonds. The van der Waals surface area contributed by atoms with E-state index in [9.17, 15) is 4.39 Å². The van der Waals surface area contributed by atoms with E-state index < -0.39 is 11.9 Å². The van der Waals surface area contributed by atoms with Crippen molar-refractivity contribution in [3.05, 3.63) is 29.0 Å². The summed E-state index contributed by atoms with van der Waals surface area (Å²) >= 11 is 5.78. The second-order valence-corrected chi connectivity index (χ2v) is 3.42. The first-order chi connectivity index (χ1) is 7.04. The number of benzene rings is 1. The van der Waals surface area contributed by atoms with Gasteiger partial charge < -0.3 is 16.3 Å². The van der Waals surface area contributed by atoms with Crippen molar-refractivity contribution in [1.82, 2.24) is 0 Å². The molecule has 0 bridgehead atoms. The molecule has 0 aliphatic heterocycles. The number of nitrogens with one attached hydrogen (secondary N) is 1. The van der Waals surface area contributed by atoms with Gasteiger partial charge in [-0.1, -0.05) is 16.8 Å². The van der Waals surface area contributed by atoms with Crippen LogP contribution in [0.3, 0.4) is 0 Å². The normalized spacial score (nSPS) is 13.7. The van der Waals surface area contributed by atoms with E-state index in [0.29, 0.717) is 5.69 Å². The van der Waals surface area contributed by atoms with Crippen molar-refractivity contribution < 1.29 is 9.60 Å². The lowest BCUT2D eigenvalue weighted by molar-refractivity contribution is 0.316. The third-order valence-corrected chi connectivity index (χ3v) is 2.17. The molecule has 0 heterocycles. The highest BCUT2D eigenvalue weighted by Gasteiger charge is 2.09. The van der Waals surface area contributed by atoms with Gasteiger partial charge >= 0.3 is 0 Å². The van der Waals surface area contributed by atoms with E-state index in [-0.39, 0.29) is 10.9 Å². The predicted octanol–water partition coefficient (Wildman–Crippen LogP) is 2.03. The van der Waals surface area contributed by atoms with Gasteiger partial charge in [-0.05, 0) is 25.1 Å². The number of nitrogens with two attached hydrogens (primary N) is 1. The largest absolute Gasteiger partial charge is 0.409 e. The van der Waals surface area contributed by atoms with Crippen LogP contribution in [0, 0.1) is 5.82 Å². The molecule has 0 radical (unpaired) electrons. The minimum Gasteiger partial charge on any atom is -0.409 e. The van der Waals surface area contributed by atoms with Crippen molar-refractivity contribution in [2.75, 3.05) is 5.32 Å². The summed E-state index contributed by atoms with van der Waals surface area (Å²) in [7, 11) is 0. The van der Waals surface area contributed by atoms with Crippen molar-refractivity contribution in [2.24, 2.45) is 10.9 Å². The summed E-state index contributed by atoms with van der Waals surface area (Å²) in [6.07, 6.45) is 0. The van der Waals surface area contributed by atoms with Gasteiger partial charge in [0.05, 0.1) is 16.8 Å². The molecule has 0 fully saturated rings. The van der Waals surface area contributed by atoms with E-state index in [2.05, 4.69) is 10.5 Å². The minimum absolute atomic E-state index is 0.0235. The Labute approximate surface area is 91.5 Å². The van der Waals surface area contributed by atoms with Crippen LogP contribution in [0.5, 0.6) is 0 Å². The third-order valence-electron chi connectivity index (χ3n) is 1.86. The molecule has 6 heteroatoms. The average molecular weight is 232 g/mol. The van der Waals surface area contributed by atoms with Crippen molar-refractivity contribution in [2.45, 2.75) is 13.0 Å². The Kier molecular flexibility index (Phi) is 3.74. The SMILES string of the molecule is CC(Nc1ccc(F)cc1Cl)C(N)=NO. The number of halogens is 2. The number of oxime groups is 1. The van der Waals surface area contributed by atoms with Crippen LogP contribution in [0.1, 0.15) is 6.92 Å². The molecule has 0 spiro atoms. The monoisotopic (exact) mass is 231 g/mol. The summed E-state index contributed by atoms with van der Waals surface area (Å²) in [5.41, 5.74) is 5.89. The molecule has 1 aromatic carbocycles. The summed E-state index contributed by atoms with van der Waals surface area (Å²) < 4.78 is 12.7. The second-order valence-electron chi connectivity index (χ2n) is 3.02. The zero-order valence-corrected chi connectivity index (χ0v) is 8.79. The highest BCUT2D eigenvalue weighted by Crippen LogP contribution is 2.22. The lowest BCUT2D eigenvalue weighted by atomic mass is 10.2. The Morgan fingerprint density at radius 1 is 1.67 bits per heavy atom. The van der Waals surface area contributed by atoms with Crippen LogP contribution in [0.4, 0.5) is 10.1 Å². The van der Waals surface area contributed by atoms with Gasteiger partial charge in [-0.25, -0.2) is 4.39 Å². The Balaban J connectivity index is 2.81. The van der Waals surface area contributed by atoms with E-state index in [4.69, 9.17) is 22.5 Å². The van der Waals surface area contributed by atoms with Gasteiger partial charge in [0.2, 0.25) is 0 Å². The average Bonchev–Trinajstić information content (AvgIpc) is 2.20. The molecule has 82 valence electrons. The molecule has 1 atom stereocenters. The molecule has 0 saturated heterocycles. The Bertz CT molecular complexity index is 384. The van der Waals surface area contributed by atoms with E-state index in [1.54, 1.807) is 6.92 Å². The Morgan fingerprint density at radius 2 is 2.33 bits per heavy atom. The molecule has 15 heavy (non-hydrogen) atoms. The van der Waals surface area contributed by atoms with Crippen molar-refractivity contribution in [1.29, 1.82) is 0 Å². The predicted molar refractivity (Wildman–Crippen MR) is 57.9 cm³/mol. The van der Waals surface area contributed by atoms with Gasteiger partial charge in [0, 0.05) is 0 Å². The first-order valence-electron chi connectivity index (χ1n) is 4.23. The van der Waals surface area contributed by atoms with Crippen molar-refractivity contribution in [3.63, 3.8) is 0 Å². The number of hydrogen-bond acceptors (Lipinski definition) is 3. The molecule has 1 unspecified atom stereocenters. The van der Waals surface area contributed by atoms with Crippen LogP contribution in [-0.2, 0) is 0 Å². The number of nitrogens with zero attached hydrogens (tertiary/aromatic N) is 1. The van der Waals surface area contributed by atoms with Gasteiger partial charge in [-0.2, -0.15) is 0 Å². The minimum atomic E-state index is -0.415. The maximum Gasteiger partial charge on any atom is 0.161 e. The number of anilines is 1. The molecular formula is C9H11ClFN3O. The maximum atomic E-state index is 12.7. The van der Waals surface area contributed by atoms with Crippen LogP contribution in [0.2, 0.25) is 5.02 Å². The summed E-state index contributed by atoms with van der Waals surface area (Å²) in [4.78, 5) is 0. The number of hydrogen-bond donors (Lipinski definition) is 3. The lowest BCUT2D eigenvalue weighted by Gasteiger charge is -2.14. The molecular weight excluding hydrogens is 221 g/mol. The van der Waals surface area contributed by atoms with Gasteiger partial charge in [-0.15, -0.1) is 0 Å². The smallest absolute Gasteiger partial charge is 0.161 e. The fourth-order valence-corrected chi connectivity index (χ4v) is 1.22. The highest BCUT2D eigenvalue weighted by atomic mass is 35.5. The third kappa shape index (κ3) is 2.99. The highest BCUT2D eigenvalue weighted by molar-refractivity contribution is 6.33. The molecule has 4 nitrogen and oxygen atoms in total. The Hall–Kier alpha value is -1.49. The summed E-state index contributed by atoms with van der Waals surface area (Å²) in [5, 5.41) is 14.4.